The maximum Gasteiger partial charge on any atom is 0.0798 e. The van der Waals surface area contributed by atoms with Gasteiger partial charge < -0.3 is 9.84 Å². The zero-order valence-corrected chi connectivity index (χ0v) is 11.5. The van der Waals surface area contributed by atoms with Gasteiger partial charge in [0.15, 0.2) is 0 Å². The maximum absolute atomic E-state index is 11.2. The zero-order chi connectivity index (χ0) is 12.4. The lowest BCUT2D eigenvalue weighted by Crippen LogP contribution is -2.64. The van der Waals surface area contributed by atoms with Gasteiger partial charge in [-0.05, 0) is 25.2 Å². The van der Waals surface area contributed by atoms with Crippen LogP contribution in [0.1, 0.15) is 54.4 Å². The summed E-state index contributed by atoms with van der Waals surface area (Å²) in [5.74, 6) is 0.409. The molecule has 5 atom stereocenters. The van der Waals surface area contributed by atoms with E-state index in [1.807, 2.05) is 0 Å². The summed E-state index contributed by atoms with van der Waals surface area (Å²) >= 11 is 0. The fourth-order valence-corrected chi connectivity index (χ4v) is 4.04. The predicted octanol–water partition coefficient (Wildman–Crippen LogP) is 2.99. The first kappa shape index (κ1) is 12.4. The van der Waals surface area contributed by atoms with Gasteiger partial charge in [0.1, 0.15) is 0 Å². The molecule has 2 nitrogen and oxygen atoms in total. The second kappa shape index (κ2) is 3.23. The summed E-state index contributed by atoms with van der Waals surface area (Å²) in [6.45, 7) is 12.9. The van der Waals surface area contributed by atoms with Crippen molar-refractivity contribution in [3.05, 3.63) is 0 Å². The van der Waals surface area contributed by atoms with Gasteiger partial charge in [0.2, 0.25) is 0 Å². The number of hydrogen-bond donors (Lipinski definition) is 1. The molecular weight excluding hydrogens is 200 g/mol. The minimum atomic E-state index is -0.624. The summed E-state index contributed by atoms with van der Waals surface area (Å²) < 4.78 is 6.14. The van der Waals surface area contributed by atoms with Gasteiger partial charge in [0.25, 0.3) is 0 Å². The molecule has 2 aliphatic rings. The molecular formula is C14H26O2. The Kier molecular flexibility index (Phi) is 2.50. The van der Waals surface area contributed by atoms with Gasteiger partial charge in [-0.15, -0.1) is 0 Å². The largest absolute Gasteiger partial charge is 0.389 e. The van der Waals surface area contributed by atoms with Crippen LogP contribution in [0.5, 0.6) is 0 Å². The smallest absolute Gasteiger partial charge is 0.0798 e. The molecule has 0 amide bonds. The molecule has 2 aliphatic heterocycles. The third kappa shape index (κ3) is 1.32. The summed E-state index contributed by atoms with van der Waals surface area (Å²) in [5.41, 5.74) is -0.847. The summed E-state index contributed by atoms with van der Waals surface area (Å²) in [7, 11) is 0. The average Bonchev–Trinajstić information content (AvgIpc) is 2.53. The van der Waals surface area contributed by atoms with Crippen LogP contribution in [0.15, 0.2) is 0 Å². The highest BCUT2D eigenvalue weighted by Crippen LogP contribution is 2.57. The van der Waals surface area contributed by atoms with E-state index in [1.54, 1.807) is 0 Å². The van der Waals surface area contributed by atoms with Crippen molar-refractivity contribution in [1.82, 2.24) is 0 Å². The first-order valence-corrected chi connectivity index (χ1v) is 6.53. The van der Waals surface area contributed by atoms with Crippen LogP contribution in [-0.2, 0) is 4.74 Å². The van der Waals surface area contributed by atoms with E-state index in [4.69, 9.17) is 4.74 Å². The summed E-state index contributed by atoms with van der Waals surface area (Å²) in [4.78, 5) is 0. The third-order valence-electron chi connectivity index (χ3n) is 5.38. The van der Waals surface area contributed by atoms with Crippen LogP contribution >= 0.6 is 0 Å². The van der Waals surface area contributed by atoms with Crippen molar-refractivity contribution >= 4 is 0 Å². The molecule has 16 heavy (non-hydrogen) atoms. The highest BCUT2D eigenvalue weighted by molar-refractivity contribution is 5.12. The van der Waals surface area contributed by atoms with Crippen LogP contribution in [0.2, 0.25) is 0 Å². The van der Waals surface area contributed by atoms with Gasteiger partial charge >= 0.3 is 0 Å². The van der Waals surface area contributed by atoms with Crippen molar-refractivity contribution in [1.29, 1.82) is 0 Å². The topological polar surface area (TPSA) is 29.5 Å². The number of rotatable bonds is 0. The quantitative estimate of drug-likeness (QED) is 0.688. The highest BCUT2D eigenvalue weighted by Gasteiger charge is 2.63. The molecule has 94 valence electrons. The maximum atomic E-state index is 11.2. The minimum Gasteiger partial charge on any atom is -0.389 e. The number of hydrogen-bond acceptors (Lipinski definition) is 2. The lowest BCUT2D eigenvalue weighted by molar-refractivity contribution is -0.261. The summed E-state index contributed by atoms with van der Waals surface area (Å²) in [6, 6.07) is 0. The van der Waals surface area contributed by atoms with Crippen LogP contribution < -0.4 is 0 Å². The number of fused-ring (bicyclic) bond motifs is 2. The SMILES string of the molecule is C[C@@H]1[C@@H]2CC[C@@](C)(O2)[C@H](C)[C@@]1(O)C(C)(C)C. The van der Waals surface area contributed by atoms with Crippen LogP contribution in [0.25, 0.3) is 0 Å². The van der Waals surface area contributed by atoms with Crippen molar-refractivity contribution in [2.75, 3.05) is 0 Å². The first-order chi connectivity index (χ1) is 7.13. The van der Waals surface area contributed by atoms with E-state index in [1.165, 1.54) is 0 Å². The lowest BCUT2D eigenvalue weighted by atomic mass is 9.58. The standard InChI is InChI=1S/C14H26O2/c1-9-11-7-8-13(6,16-11)10(2)14(9,15)12(3,4)5/h9-11,15H,7-8H2,1-6H3/t9-,10+,11+,13-,14-/m1/s1. The molecule has 2 heterocycles. The van der Waals surface area contributed by atoms with Gasteiger partial charge in [-0.2, -0.15) is 0 Å². The fraction of sp³-hybridized carbons (Fsp3) is 1.00. The molecule has 0 unspecified atom stereocenters. The molecule has 2 saturated heterocycles. The van der Waals surface area contributed by atoms with Crippen LogP contribution in [-0.4, -0.2) is 22.4 Å². The normalized spacial score (nSPS) is 53.1. The molecule has 2 heteroatoms. The monoisotopic (exact) mass is 226 g/mol. The first-order valence-electron chi connectivity index (χ1n) is 6.53. The van der Waals surface area contributed by atoms with Crippen LogP contribution in [0, 0.1) is 17.3 Å². The Balaban J connectivity index is 2.46. The molecule has 2 bridgehead atoms. The molecule has 0 radical (unpaired) electrons. The Hall–Kier alpha value is -0.0800. The molecule has 0 aromatic carbocycles. The van der Waals surface area contributed by atoms with Gasteiger partial charge in [0, 0.05) is 11.8 Å². The number of aliphatic hydroxyl groups is 1. The van der Waals surface area contributed by atoms with Crippen molar-refractivity contribution in [2.24, 2.45) is 17.3 Å². The molecule has 0 spiro atoms. The molecule has 0 aromatic rings. The van der Waals surface area contributed by atoms with Gasteiger partial charge in [-0.25, -0.2) is 0 Å². The summed E-state index contributed by atoms with van der Waals surface area (Å²) in [6.07, 6.45) is 2.42. The van der Waals surface area contributed by atoms with Crippen molar-refractivity contribution in [3.8, 4) is 0 Å². The van der Waals surface area contributed by atoms with E-state index in [-0.39, 0.29) is 29.0 Å². The van der Waals surface area contributed by atoms with E-state index in [2.05, 4.69) is 41.5 Å². The second-order valence-corrected chi connectivity index (χ2v) is 7.09. The van der Waals surface area contributed by atoms with E-state index in [0.717, 1.165) is 12.8 Å². The van der Waals surface area contributed by atoms with E-state index in [0.29, 0.717) is 0 Å². The Labute approximate surface area is 99.4 Å². The molecule has 2 fully saturated rings. The fourth-order valence-electron chi connectivity index (χ4n) is 4.04. The Morgan fingerprint density at radius 2 is 1.81 bits per heavy atom. The van der Waals surface area contributed by atoms with Crippen molar-refractivity contribution < 1.29 is 9.84 Å². The summed E-state index contributed by atoms with van der Waals surface area (Å²) in [5, 5.41) is 11.2. The Morgan fingerprint density at radius 1 is 1.25 bits per heavy atom. The average molecular weight is 226 g/mol. The van der Waals surface area contributed by atoms with Crippen LogP contribution in [0.3, 0.4) is 0 Å². The predicted molar refractivity (Wildman–Crippen MR) is 65.2 cm³/mol. The Morgan fingerprint density at radius 3 is 2.31 bits per heavy atom. The number of ether oxygens (including phenoxy) is 1. The molecule has 0 saturated carbocycles. The third-order valence-corrected chi connectivity index (χ3v) is 5.38. The van der Waals surface area contributed by atoms with Crippen molar-refractivity contribution in [2.45, 2.75) is 71.7 Å². The van der Waals surface area contributed by atoms with E-state index in [9.17, 15) is 5.11 Å². The molecule has 0 aromatic heterocycles. The van der Waals surface area contributed by atoms with E-state index >= 15 is 0 Å². The molecule has 0 aliphatic carbocycles. The zero-order valence-electron chi connectivity index (χ0n) is 11.5. The Bertz CT molecular complexity index is 294. The molecule has 1 N–H and O–H groups in total. The van der Waals surface area contributed by atoms with Gasteiger partial charge in [-0.1, -0.05) is 34.6 Å². The molecule has 2 rings (SSSR count). The highest BCUT2D eigenvalue weighted by atomic mass is 16.5. The van der Waals surface area contributed by atoms with Gasteiger partial charge in [-0.3, -0.25) is 0 Å². The lowest BCUT2D eigenvalue weighted by Gasteiger charge is -2.57. The van der Waals surface area contributed by atoms with Crippen molar-refractivity contribution in [3.63, 3.8) is 0 Å². The van der Waals surface area contributed by atoms with Crippen LogP contribution in [0.4, 0.5) is 0 Å². The second-order valence-electron chi connectivity index (χ2n) is 7.09. The van der Waals surface area contributed by atoms with Gasteiger partial charge in [0.05, 0.1) is 17.3 Å². The van der Waals surface area contributed by atoms with E-state index < -0.39 is 5.60 Å². The minimum absolute atomic E-state index is 0.0978.